The maximum absolute atomic E-state index is 12.9. The van der Waals surface area contributed by atoms with Gasteiger partial charge in [-0.3, -0.25) is 4.79 Å². The zero-order chi connectivity index (χ0) is 13.4. The lowest BCUT2D eigenvalue weighted by atomic mass is 10.2. The normalized spacial score (nSPS) is 10.4. The van der Waals surface area contributed by atoms with Crippen LogP contribution in [0.5, 0.6) is 0 Å². The molecule has 100 valence electrons. The molecule has 0 heterocycles. The predicted molar refractivity (Wildman–Crippen MR) is 81.1 cm³/mol. The van der Waals surface area contributed by atoms with E-state index in [0.29, 0.717) is 12.1 Å². The molecule has 5 heteroatoms. The number of halogens is 3. The van der Waals surface area contributed by atoms with E-state index in [0.717, 1.165) is 12.8 Å². The highest BCUT2D eigenvalue weighted by Gasteiger charge is 2.07. The van der Waals surface area contributed by atoms with Gasteiger partial charge in [0.15, 0.2) is 0 Å². The van der Waals surface area contributed by atoms with Crippen LogP contribution in [0.1, 0.15) is 36.0 Å². The van der Waals surface area contributed by atoms with Gasteiger partial charge < -0.3 is 5.32 Å². The molecule has 18 heavy (non-hydrogen) atoms. The monoisotopic (exact) mass is 383 g/mol. The maximum Gasteiger partial charge on any atom is 0.251 e. The smallest absolute Gasteiger partial charge is 0.251 e. The fourth-order valence-electron chi connectivity index (χ4n) is 1.51. The van der Waals surface area contributed by atoms with Gasteiger partial charge in [0.25, 0.3) is 5.91 Å². The molecule has 2 nitrogen and oxygen atoms in total. The fourth-order valence-corrected chi connectivity index (χ4v) is 2.23. The maximum atomic E-state index is 12.9. The number of rotatable bonds is 7. The minimum Gasteiger partial charge on any atom is -0.352 e. The number of nitrogens with one attached hydrogen (secondary N) is 1. The quantitative estimate of drug-likeness (QED) is 0.427. The molecule has 1 N–H and O–H groups in total. The molecule has 0 saturated heterocycles. The minimum absolute atomic E-state index is 0.0234. The molecule has 0 spiro atoms. The summed E-state index contributed by atoms with van der Waals surface area (Å²) in [7, 11) is 0. The van der Waals surface area contributed by atoms with E-state index in [1.807, 2.05) is 0 Å². The van der Waals surface area contributed by atoms with Crippen molar-refractivity contribution in [2.75, 3.05) is 11.0 Å². The second-order valence-electron chi connectivity index (χ2n) is 3.99. The second kappa shape index (κ2) is 8.69. The first-order valence-corrected chi connectivity index (χ1v) is 7.84. The zero-order valence-corrected chi connectivity index (χ0v) is 12.9. The highest BCUT2D eigenvalue weighted by atomic mass is 127. The summed E-state index contributed by atoms with van der Waals surface area (Å²) in [5.74, 6) is -0.710. The Hall–Kier alpha value is -0.360. The predicted octanol–water partition coefficient (Wildman–Crippen LogP) is 4.20. The molecule has 1 amide bonds. The molecule has 0 saturated carbocycles. The molecule has 0 radical (unpaired) electrons. The Labute approximate surface area is 125 Å². The SMILES string of the molecule is O=C(NCCCCCCI)c1ccc(F)c(Cl)c1. The first kappa shape index (κ1) is 15.7. The number of hydrogen-bond donors (Lipinski definition) is 1. The molecule has 0 bridgehead atoms. The van der Waals surface area contributed by atoms with E-state index in [9.17, 15) is 9.18 Å². The molecule has 0 aromatic heterocycles. The van der Waals surface area contributed by atoms with E-state index >= 15 is 0 Å². The number of hydrogen-bond acceptors (Lipinski definition) is 1. The van der Waals surface area contributed by atoms with Crippen LogP contribution in [0.2, 0.25) is 5.02 Å². The van der Waals surface area contributed by atoms with Crippen LogP contribution >= 0.6 is 34.2 Å². The summed E-state index contributed by atoms with van der Waals surface area (Å²) >= 11 is 7.98. The summed E-state index contributed by atoms with van der Waals surface area (Å²) in [5, 5.41) is 2.78. The highest BCUT2D eigenvalue weighted by Crippen LogP contribution is 2.15. The Bertz CT molecular complexity index is 401. The van der Waals surface area contributed by atoms with Crippen LogP contribution in [0.25, 0.3) is 0 Å². The lowest BCUT2D eigenvalue weighted by Crippen LogP contribution is -2.24. The minimum atomic E-state index is -0.507. The average Bonchev–Trinajstić information content (AvgIpc) is 2.36. The van der Waals surface area contributed by atoms with Gasteiger partial charge in [-0.15, -0.1) is 0 Å². The second-order valence-corrected chi connectivity index (χ2v) is 5.47. The van der Waals surface area contributed by atoms with Crippen molar-refractivity contribution in [2.24, 2.45) is 0 Å². The molecule has 1 aromatic carbocycles. The van der Waals surface area contributed by atoms with Crippen LogP contribution < -0.4 is 5.32 Å². The third-order valence-corrected chi connectivity index (χ3v) is 3.58. The van der Waals surface area contributed by atoms with Crippen LogP contribution in [-0.4, -0.2) is 16.9 Å². The van der Waals surface area contributed by atoms with Crippen molar-refractivity contribution < 1.29 is 9.18 Å². The number of benzene rings is 1. The van der Waals surface area contributed by atoms with Crippen LogP contribution in [0, 0.1) is 5.82 Å². The standard InChI is InChI=1S/C13H16ClFINO/c14-11-9-10(5-6-12(11)15)13(18)17-8-4-2-1-3-7-16/h5-6,9H,1-4,7-8H2,(H,17,18). The topological polar surface area (TPSA) is 29.1 Å². The van der Waals surface area contributed by atoms with Crippen LogP contribution in [-0.2, 0) is 0 Å². The van der Waals surface area contributed by atoms with E-state index < -0.39 is 5.82 Å². The molecule has 0 aliphatic rings. The van der Waals surface area contributed by atoms with Crippen molar-refractivity contribution >= 4 is 40.1 Å². The van der Waals surface area contributed by atoms with E-state index in [1.165, 1.54) is 35.5 Å². The zero-order valence-electron chi connectivity index (χ0n) is 10.0. The highest BCUT2D eigenvalue weighted by molar-refractivity contribution is 14.1. The summed E-state index contributed by atoms with van der Waals surface area (Å²) in [4.78, 5) is 11.7. The van der Waals surface area contributed by atoms with E-state index in [1.54, 1.807) is 0 Å². The summed E-state index contributed by atoms with van der Waals surface area (Å²) < 4.78 is 14.1. The van der Waals surface area contributed by atoms with E-state index in [4.69, 9.17) is 11.6 Å². The van der Waals surface area contributed by atoms with Crippen molar-refractivity contribution in [3.63, 3.8) is 0 Å². The third kappa shape index (κ3) is 5.52. The summed E-state index contributed by atoms with van der Waals surface area (Å²) in [6.07, 6.45) is 4.51. The van der Waals surface area contributed by atoms with Crippen molar-refractivity contribution in [3.8, 4) is 0 Å². The van der Waals surface area contributed by atoms with Gasteiger partial charge in [-0.25, -0.2) is 4.39 Å². The average molecular weight is 384 g/mol. The lowest BCUT2D eigenvalue weighted by molar-refractivity contribution is 0.0953. The summed E-state index contributed by atoms with van der Waals surface area (Å²) in [6.45, 7) is 0.648. The molecule has 0 aliphatic heterocycles. The largest absolute Gasteiger partial charge is 0.352 e. The third-order valence-electron chi connectivity index (χ3n) is 2.53. The van der Waals surface area contributed by atoms with E-state index in [2.05, 4.69) is 27.9 Å². The molecule has 0 unspecified atom stereocenters. The van der Waals surface area contributed by atoms with Gasteiger partial charge in [-0.2, -0.15) is 0 Å². The summed E-state index contributed by atoms with van der Waals surface area (Å²) in [5.41, 5.74) is 0.397. The van der Waals surface area contributed by atoms with Crippen LogP contribution in [0.4, 0.5) is 4.39 Å². The molecule has 1 rings (SSSR count). The molecule has 1 aromatic rings. The lowest BCUT2D eigenvalue weighted by Gasteiger charge is -2.05. The summed E-state index contributed by atoms with van der Waals surface area (Å²) in [6, 6.07) is 3.99. The number of carbonyl (C=O) groups is 1. The fraction of sp³-hybridized carbons (Fsp3) is 0.462. The Morgan fingerprint density at radius 1 is 1.28 bits per heavy atom. The first-order valence-electron chi connectivity index (χ1n) is 5.94. The number of unbranched alkanes of at least 4 members (excludes halogenated alkanes) is 3. The molecule has 0 aliphatic carbocycles. The van der Waals surface area contributed by atoms with Crippen LogP contribution in [0.15, 0.2) is 18.2 Å². The van der Waals surface area contributed by atoms with Gasteiger partial charge in [0, 0.05) is 12.1 Å². The van der Waals surface area contributed by atoms with E-state index in [-0.39, 0.29) is 10.9 Å². The molecule has 0 fully saturated rings. The number of carbonyl (C=O) groups excluding carboxylic acids is 1. The van der Waals surface area contributed by atoms with Crippen molar-refractivity contribution in [1.29, 1.82) is 0 Å². The first-order chi connectivity index (χ1) is 8.65. The van der Waals surface area contributed by atoms with Gasteiger partial charge in [0.2, 0.25) is 0 Å². The molecular formula is C13H16ClFINO. The Morgan fingerprint density at radius 2 is 2.00 bits per heavy atom. The Morgan fingerprint density at radius 3 is 2.67 bits per heavy atom. The Balaban J connectivity index is 2.30. The van der Waals surface area contributed by atoms with Gasteiger partial charge in [0.05, 0.1) is 5.02 Å². The van der Waals surface area contributed by atoms with Crippen molar-refractivity contribution in [2.45, 2.75) is 25.7 Å². The number of amides is 1. The number of alkyl halides is 1. The van der Waals surface area contributed by atoms with Gasteiger partial charge in [0.1, 0.15) is 5.82 Å². The molecule has 0 atom stereocenters. The van der Waals surface area contributed by atoms with Crippen molar-refractivity contribution in [3.05, 3.63) is 34.6 Å². The van der Waals surface area contributed by atoms with Gasteiger partial charge in [-0.1, -0.05) is 47.0 Å². The van der Waals surface area contributed by atoms with Gasteiger partial charge >= 0.3 is 0 Å². The van der Waals surface area contributed by atoms with Crippen molar-refractivity contribution in [1.82, 2.24) is 5.32 Å². The molecular weight excluding hydrogens is 368 g/mol. The van der Waals surface area contributed by atoms with Gasteiger partial charge in [-0.05, 0) is 35.5 Å². The Kier molecular flexibility index (Phi) is 7.58. The van der Waals surface area contributed by atoms with Crippen LogP contribution in [0.3, 0.4) is 0 Å².